The third-order valence-corrected chi connectivity index (χ3v) is 3.50. The summed E-state index contributed by atoms with van der Waals surface area (Å²) in [6, 6.07) is 0. The average Bonchev–Trinajstić information content (AvgIpc) is 2.75. The maximum atomic E-state index is 12.1. The summed E-state index contributed by atoms with van der Waals surface area (Å²) in [5, 5.41) is 0. The van der Waals surface area contributed by atoms with Crippen molar-refractivity contribution in [2.45, 2.75) is 52.2 Å². The van der Waals surface area contributed by atoms with Gasteiger partial charge in [0, 0.05) is 32.0 Å². The maximum Gasteiger partial charge on any atom is 0.198 e. The van der Waals surface area contributed by atoms with Crippen molar-refractivity contribution in [3.8, 4) is 0 Å². The van der Waals surface area contributed by atoms with Gasteiger partial charge in [-0.2, -0.15) is 0 Å². The zero-order valence-electron chi connectivity index (χ0n) is 11.3. The number of ether oxygens (including phenoxy) is 1. The standard InChI is InChI=1S/C14H22N2O2/c1-3-6-16-7-5-15-14(16)13(17)10-11-8-12(9-11)18-4-2/h5,7,11-12H,3-4,6,8-10H2,1-2H3. The van der Waals surface area contributed by atoms with Crippen LogP contribution in [-0.2, 0) is 11.3 Å². The molecular formula is C14H22N2O2. The number of ketones is 1. The highest BCUT2D eigenvalue weighted by Crippen LogP contribution is 2.33. The van der Waals surface area contributed by atoms with Gasteiger partial charge in [-0.05, 0) is 32.1 Å². The number of aryl methyl sites for hydroxylation is 1. The molecular weight excluding hydrogens is 228 g/mol. The van der Waals surface area contributed by atoms with Gasteiger partial charge in [0.15, 0.2) is 11.6 Å². The van der Waals surface area contributed by atoms with Crippen LogP contribution >= 0.6 is 0 Å². The van der Waals surface area contributed by atoms with Crippen LogP contribution in [0.4, 0.5) is 0 Å². The molecule has 18 heavy (non-hydrogen) atoms. The minimum absolute atomic E-state index is 0.174. The summed E-state index contributed by atoms with van der Waals surface area (Å²) in [6.07, 6.45) is 7.66. The predicted molar refractivity (Wildman–Crippen MR) is 69.6 cm³/mol. The van der Waals surface area contributed by atoms with Crippen molar-refractivity contribution in [3.05, 3.63) is 18.2 Å². The fourth-order valence-corrected chi connectivity index (χ4v) is 2.55. The molecule has 0 aliphatic heterocycles. The molecule has 0 spiro atoms. The fourth-order valence-electron chi connectivity index (χ4n) is 2.55. The normalized spacial score (nSPS) is 22.8. The Morgan fingerprint density at radius 1 is 1.50 bits per heavy atom. The van der Waals surface area contributed by atoms with E-state index in [1.165, 1.54) is 0 Å². The summed E-state index contributed by atoms with van der Waals surface area (Å²) in [7, 11) is 0. The van der Waals surface area contributed by atoms with Gasteiger partial charge in [-0.25, -0.2) is 4.98 Å². The molecule has 4 nitrogen and oxygen atoms in total. The minimum atomic E-state index is 0.174. The zero-order valence-corrected chi connectivity index (χ0v) is 11.3. The van der Waals surface area contributed by atoms with Crippen LogP contribution < -0.4 is 0 Å². The molecule has 0 saturated heterocycles. The number of hydrogen-bond acceptors (Lipinski definition) is 3. The molecule has 1 aliphatic carbocycles. The van der Waals surface area contributed by atoms with Gasteiger partial charge in [-0.3, -0.25) is 4.79 Å². The molecule has 1 aromatic rings. The number of rotatable bonds is 7. The van der Waals surface area contributed by atoms with E-state index in [1.54, 1.807) is 6.20 Å². The molecule has 1 aromatic heterocycles. The summed E-state index contributed by atoms with van der Waals surface area (Å²) >= 11 is 0. The smallest absolute Gasteiger partial charge is 0.198 e. The van der Waals surface area contributed by atoms with Gasteiger partial charge in [0.25, 0.3) is 0 Å². The SMILES string of the molecule is CCCn1ccnc1C(=O)CC1CC(OCC)C1. The number of imidazole rings is 1. The van der Waals surface area contributed by atoms with Gasteiger partial charge < -0.3 is 9.30 Å². The Kier molecular flexibility index (Phi) is 4.53. The van der Waals surface area contributed by atoms with Crippen LogP contribution in [0.25, 0.3) is 0 Å². The Morgan fingerprint density at radius 3 is 2.94 bits per heavy atom. The van der Waals surface area contributed by atoms with E-state index in [0.717, 1.165) is 32.4 Å². The zero-order chi connectivity index (χ0) is 13.0. The van der Waals surface area contributed by atoms with Crippen LogP contribution in [0.3, 0.4) is 0 Å². The highest BCUT2D eigenvalue weighted by Gasteiger charge is 2.32. The van der Waals surface area contributed by atoms with Gasteiger partial charge >= 0.3 is 0 Å². The lowest BCUT2D eigenvalue weighted by atomic mass is 9.79. The predicted octanol–water partition coefficient (Wildman–Crippen LogP) is 2.68. The molecule has 0 unspecified atom stereocenters. The van der Waals surface area contributed by atoms with Crippen LogP contribution in [-0.4, -0.2) is 28.0 Å². The van der Waals surface area contributed by atoms with Crippen molar-refractivity contribution in [1.82, 2.24) is 9.55 Å². The number of hydrogen-bond donors (Lipinski definition) is 0. The first-order valence-electron chi connectivity index (χ1n) is 6.90. The maximum absolute atomic E-state index is 12.1. The van der Waals surface area contributed by atoms with E-state index in [9.17, 15) is 4.79 Å². The lowest BCUT2D eigenvalue weighted by Gasteiger charge is -2.34. The first-order valence-corrected chi connectivity index (χ1v) is 6.90. The number of carbonyl (C=O) groups excluding carboxylic acids is 1. The first-order chi connectivity index (χ1) is 8.74. The van der Waals surface area contributed by atoms with Gasteiger partial charge in [0.1, 0.15) is 0 Å². The largest absolute Gasteiger partial charge is 0.378 e. The second-order valence-electron chi connectivity index (χ2n) is 4.99. The third-order valence-electron chi connectivity index (χ3n) is 3.50. The van der Waals surface area contributed by atoms with E-state index in [0.29, 0.717) is 24.3 Å². The summed E-state index contributed by atoms with van der Waals surface area (Å²) in [5.41, 5.74) is 0. The van der Waals surface area contributed by atoms with Crippen molar-refractivity contribution in [2.75, 3.05) is 6.61 Å². The van der Waals surface area contributed by atoms with E-state index in [-0.39, 0.29) is 5.78 Å². The fraction of sp³-hybridized carbons (Fsp3) is 0.714. The second kappa shape index (κ2) is 6.14. The lowest BCUT2D eigenvalue weighted by Crippen LogP contribution is -2.33. The summed E-state index contributed by atoms with van der Waals surface area (Å²) < 4.78 is 7.47. The molecule has 1 saturated carbocycles. The number of carbonyl (C=O) groups is 1. The van der Waals surface area contributed by atoms with E-state index >= 15 is 0 Å². The molecule has 0 radical (unpaired) electrons. The van der Waals surface area contributed by atoms with Crippen LogP contribution in [0.5, 0.6) is 0 Å². The topological polar surface area (TPSA) is 44.1 Å². The summed E-state index contributed by atoms with van der Waals surface area (Å²) in [5.74, 6) is 1.28. The minimum Gasteiger partial charge on any atom is -0.378 e. The molecule has 0 amide bonds. The monoisotopic (exact) mass is 250 g/mol. The van der Waals surface area contributed by atoms with Gasteiger partial charge in [0.05, 0.1) is 6.10 Å². The van der Waals surface area contributed by atoms with Crippen LogP contribution in [0.15, 0.2) is 12.4 Å². The summed E-state index contributed by atoms with van der Waals surface area (Å²) in [6.45, 7) is 5.76. The van der Waals surface area contributed by atoms with Crippen molar-refractivity contribution in [3.63, 3.8) is 0 Å². The lowest BCUT2D eigenvalue weighted by molar-refractivity contribution is -0.0247. The molecule has 1 fully saturated rings. The molecule has 4 heteroatoms. The molecule has 0 bridgehead atoms. The van der Waals surface area contributed by atoms with Gasteiger partial charge in [-0.15, -0.1) is 0 Å². The molecule has 1 aliphatic rings. The Bertz CT molecular complexity index is 394. The van der Waals surface area contributed by atoms with Crippen molar-refractivity contribution >= 4 is 5.78 Å². The van der Waals surface area contributed by atoms with Crippen molar-refractivity contribution < 1.29 is 9.53 Å². The van der Waals surface area contributed by atoms with E-state index in [1.807, 2.05) is 17.7 Å². The second-order valence-corrected chi connectivity index (χ2v) is 4.99. The van der Waals surface area contributed by atoms with Crippen LogP contribution in [0.1, 0.15) is 50.1 Å². The molecule has 100 valence electrons. The third kappa shape index (κ3) is 2.99. The average molecular weight is 250 g/mol. The Morgan fingerprint density at radius 2 is 2.28 bits per heavy atom. The Balaban J connectivity index is 1.83. The van der Waals surface area contributed by atoms with Crippen LogP contribution in [0.2, 0.25) is 0 Å². The van der Waals surface area contributed by atoms with Crippen LogP contribution in [0, 0.1) is 5.92 Å². The molecule has 0 N–H and O–H groups in total. The van der Waals surface area contributed by atoms with Gasteiger partial charge in [0.2, 0.25) is 0 Å². The molecule has 1 heterocycles. The van der Waals surface area contributed by atoms with E-state index in [2.05, 4.69) is 11.9 Å². The van der Waals surface area contributed by atoms with Crippen molar-refractivity contribution in [1.29, 1.82) is 0 Å². The quantitative estimate of drug-likeness (QED) is 0.699. The number of Topliss-reactive ketones (excluding diaryl/α,β-unsaturated/α-hetero) is 1. The van der Waals surface area contributed by atoms with E-state index in [4.69, 9.17) is 4.74 Å². The molecule has 0 atom stereocenters. The molecule has 2 rings (SSSR count). The number of nitrogens with zero attached hydrogens (tertiary/aromatic N) is 2. The Labute approximate surface area is 108 Å². The summed E-state index contributed by atoms with van der Waals surface area (Å²) in [4.78, 5) is 16.3. The Hall–Kier alpha value is -1.16. The van der Waals surface area contributed by atoms with Gasteiger partial charge in [-0.1, -0.05) is 6.92 Å². The highest BCUT2D eigenvalue weighted by molar-refractivity contribution is 5.93. The number of aromatic nitrogens is 2. The van der Waals surface area contributed by atoms with Crippen molar-refractivity contribution in [2.24, 2.45) is 5.92 Å². The van der Waals surface area contributed by atoms with E-state index < -0.39 is 0 Å². The highest BCUT2D eigenvalue weighted by atomic mass is 16.5. The molecule has 0 aromatic carbocycles. The first kappa shape index (κ1) is 13.3.